The molecular weight excluding hydrogens is 638 g/mol. The van der Waals surface area contributed by atoms with E-state index in [0.717, 1.165) is 37.7 Å². The van der Waals surface area contributed by atoms with E-state index in [2.05, 4.69) is 15.4 Å². The Morgan fingerprint density at radius 3 is 2.40 bits per heavy atom. The number of nitrogens with zero attached hydrogens (tertiary/aromatic N) is 1. The third-order valence-corrected chi connectivity index (χ3v) is 8.16. The Morgan fingerprint density at radius 1 is 0.979 bits per heavy atom. The van der Waals surface area contributed by atoms with Crippen LogP contribution in [0.4, 0.5) is 9.59 Å². The first-order valence-electron chi connectivity index (χ1n) is 16.6. The van der Waals surface area contributed by atoms with Crippen LogP contribution in [0.3, 0.4) is 0 Å². The Balaban J connectivity index is 1.93. The predicted octanol–water partition coefficient (Wildman–Crippen LogP) is 6.76. The Hall–Kier alpha value is -3.54. The molecule has 0 radical (unpaired) electrons. The fraction of sp³-hybridized carbons (Fsp3) is 0.583. The minimum atomic E-state index is -0.642. The predicted molar refractivity (Wildman–Crippen MR) is 185 cm³/mol. The van der Waals surface area contributed by atoms with Crippen molar-refractivity contribution in [3.63, 3.8) is 0 Å². The van der Waals surface area contributed by atoms with Crippen LogP contribution in [-0.2, 0) is 18.9 Å². The lowest BCUT2D eigenvalue weighted by atomic mass is 9.84. The van der Waals surface area contributed by atoms with E-state index in [1.54, 1.807) is 38.4 Å². The first kappa shape index (κ1) is 38.9. The number of rotatable bonds is 16. The molecule has 1 aliphatic carbocycles. The second kappa shape index (κ2) is 19.5. The van der Waals surface area contributed by atoms with Gasteiger partial charge in [-0.15, -0.1) is 0 Å². The fourth-order valence-corrected chi connectivity index (χ4v) is 5.90. The average Bonchev–Trinajstić information content (AvgIpc) is 3.04. The lowest BCUT2D eigenvalue weighted by molar-refractivity contribution is 0.0274. The summed E-state index contributed by atoms with van der Waals surface area (Å²) >= 11 is 6.36. The number of methoxy groups -OCH3 is 2. The number of benzene rings is 2. The molecule has 2 N–H and O–H groups in total. The van der Waals surface area contributed by atoms with Gasteiger partial charge in [0.1, 0.15) is 24.1 Å². The molecule has 2 aromatic carbocycles. The van der Waals surface area contributed by atoms with E-state index in [1.807, 2.05) is 39.0 Å². The Morgan fingerprint density at radius 2 is 1.73 bits per heavy atom. The van der Waals surface area contributed by atoms with Gasteiger partial charge in [0.05, 0.1) is 20.3 Å². The topological polar surface area (TPSA) is 125 Å². The van der Waals surface area contributed by atoms with Crippen molar-refractivity contribution in [2.75, 3.05) is 54.2 Å². The van der Waals surface area contributed by atoms with Gasteiger partial charge in [-0.2, -0.15) is 0 Å². The number of nitrogens with one attached hydrogen (secondary N) is 2. The Labute approximate surface area is 289 Å². The molecule has 0 spiro atoms. The number of alkyl carbamates (subject to hydrolysis) is 1. The molecule has 1 fully saturated rings. The van der Waals surface area contributed by atoms with E-state index in [1.165, 1.54) is 18.4 Å². The maximum atomic E-state index is 14.0. The zero-order valence-corrected chi connectivity index (χ0v) is 29.9. The highest BCUT2D eigenvalue weighted by Crippen LogP contribution is 2.32. The fourth-order valence-electron chi connectivity index (χ4n) is 5.71. The average molecular weight is 690 g/mol. The second-order valence-electron chi connectivity index (χ2n) is 13.1. The summed E-state index contributed by atoms with van der Waals surface area (Å²) in [6.45, 7) is 6.78. The summed E-state index contributed by atoms with van der Waals surface area (Å²) in [4.78, 5) is 40.0. The minimum absolute atomic E-state index is 0.156. The van der Waals surface area contributed by atoms with Gasteiger partial charge in [0.15, 0.2) is 0 Å². The van der Waals surface area contributed by atoms with Crippen LogP contribution < -0.4 is 15.4 Å². The van der Waals surface area contributed by atoms with Crippen molar-refractivity contribution in [1.82, 2.24) is 15.5 Å². The number of carbonyl (C=O) groups is 3. The molecule has 2 atom stereocenters. The van der Waals surface area contributed by atoms with Crippen LogP contribution >= 0.6 is 11.6 Å². The normalized spacial score (nSPS) is 14.8. The monoisotopic (exact) mass is 689 g/mol. The lowest BCUT2D eigenvalue weighted by Crippen LogP contribution is -2.46. The molecular formula is C36H52ClN3O8. The van der Waals surface area contributed by atoms with Gasteiger partial charge in [-0.1, -0.05) is 55.8 Å². The highest BCUT2D eigenvalue weighted by molar-refractivity contribution is 6.30. The van der Waals surface area contributed by atoms with Gasteiger partial charge in [0.2, 0.25) is 0 Å². The maximum absolute atomic E-state index is 14.0. The highest BCUT2D eigenvalue weighted by Gasteiger charge is 2.27. The number of amides is 3. The number of carbonyl (C=O) groups excluding carboxylic acids is 3. The van der Waals surface area contributed by atoms with Gasteiger partial charge in [-0.25, -0.2) is 9.59 Å². The lowest BCUT2D eigenvalue weighted by Gasteiger charge is -2.31. The van der Waals surface area contributed by atoms with Crippen molar-refractivity contribution < 1.29 is 38.1 Å². The maximum Gasteiger partial charge on any atom is 0.410 e. The van der Waals surface area contributed by atoms with Crippen LogP contribution in [0.1, 0.15) is 86.9 Å². The molecule has 3 rings (SSSR count). The molecule has 0 bridgehead atoms. The quantitative estimate of drug-likeness (QED) is 0.185. The largest absolute Gasteiger partial charge is 0.491 e. The number of hydrogen-bond acceptors (Lipinski definition) is 8. The van der Waals surface area contributed by atoms with E-state index in [4.69, 9.17) is 30.5 Å². The first-order valence-corrected chi connectivity index (χ1v) is 17.0. The number of likely N-dealkylation sites (N-methyl/N-ethyl adjacent to an activating group) is 1. The van der Waals surface area contributed by atoms with Crippen LogP contribution in [-0.4, -0.2) is 88.8 Å². The van der Waals surface area contributed by atoms with Gasteiger partial charge in [-0.05, 0) is 74.6 Å². The van der Waals surface area contributed by atoms with E-state index < -0.39 is 23.9 Å². The van der Waals surface area contributed by atoms with Crippen molar-refractivity contribution in [3.05, 3.63) is 64.2 Å². The first-order chi connectivity index (χ1) is 22.9. The van der Waals surface area contributed by atoms with Gasteiger partial charge in [0.25, 0.3) is 5.91 Å². The van der Waals surface area contributed by atoms with Crippen LogP contribution in [0.15, 0.2) is 42.5 Å². The van der Waals surface area contributed by atoms with E-state index in [0.29, 0.717) is 41.0 Å². The summed E-state index contributed by atoms with van der Waals surface area (Å²) in [5, 5.41) is 6.36. The molecule has 48 heavy (non-hydrogen) atoms. The van der Waals surface area contributed by atoms with Gasteiger partial charge < -0.3 is 39.2 Å². The smallest absolute Gasteiger partial charge is 0.410 e. The number of ether oxygens (including phenoxy) is 5. The molecule has 1 unspecified atom stereocenters. The zero-order valence-electron chi connectivity index (χ0n) is 29.1. The molecule has 0 aliphatic heterocycles. The van der Waals surface area contributed by atoms with Gasteiger partial charge >= 0.3 is 12.2 Å². The highest BCUT2D eigenvalue weighted by atomic mass is 35.5. The van der Waals surface area contributed by atoms with Crippen molar-refractivity contribution in [2.45, 2.75) is 77.0 Å². The van der Waals surface area contributed by atoms with Gasteiger partial charge in [-0.3, -0.25) is 4.79 Å². The molecule has 1 saturated carbocycles. The van der Waals surface area contributed by atoms with Crippen molar-refractivity contribution >= 4 is 29.7 Å². The van der Waals surface area contributed by atoms with E-state index in [9.17, 15) is 14.4 Å². The van der Waals surface area contributed by atoms with E-state index >= 15 is 0 Å². The van der Waals surface area contributed by atoms with Crippen molar-refractivity contribution in [2.24, 2.45) is 5.92 Å². The molecule has 0 saturated heterocycles. The summed E-state index contributed by atoms with van der Waals surface area (Å²) in [5.41, 5.74) is 1.15. The molecule has 0 aromatic heterocycles. The standard InChI is InChI=1S/C36H52ClN3O8/c1-36(2,3)48-35(43)40(4)24-30(19-25-11-8-7-9-12-25)39-33(41)28-20-27(22-31(23-28)46-18-17-44-5)32(26-13-10-14-29(37)21-26)47-16-15-38-34(42)45-6/h10,13-14,20-23,25,30,32H,7-9,11-12,15-19,24H2,1-6H3,(H,38,42)(H,39,41)/t30-,32?/m0/s1. The summed E-state index contributed by atoms with van der Waals surface area (Å²) in [6, 6.07) is 12.3. The van der Waals surface area contributed by atoms with Crippen molar-refractivity contribution in [3.8, 4) is 5.75 Å². The van der Waals surface area contributed by atoms with Gasteiger partial charge in [0, 0.05) is 43.9 Å². The molecule has 2 aromatic rings. The van der Waals surface area contributed by atoms with Crippen LogP contribution in [0.2, 0.25) is 5.02 Å². The third kappa shape index (κ3) is 13.5. The van der Waals surface area contributed by atoms with Crippen molar-refractivity contribution in [1.29, 1.82) is 0 Å². The molecule has 1 aliphatic rings. The van der Waals surface area contributed by atoms with Crippen LogP contribution in [0.25, 0.3) is 0 Å². The molecule has 3 amide bonds. The summed E-state index contributed by atoms with van der Waals surface area (Å²) in [6.07, 6.45) is 4.84. The Bertz CT molecular complexity index is 1330. The number of hydrogen-bond donors (Lipinski definition) is 2. The second-order valence-corrected chi connectivity index (χ2v) is 13.6. The van der Waals surface area contributed by atoms with Crippen LogP contribution in [0.5, 0.6) is 5.75 Å². The Kier molecular flexibility index (Phi) is 15.8. The summed E-state index contributed by atoms with van der Waals surface area (Å²) in [7, 11) is 4.57. The molecule has 266 valence electrons. The molecule has 12 heteroatoms. The third-order valence-electron chi connectivity index (χ3n) is 7.92. The summed E-state index contributed by atoms with van der Waals surface area (Å²) < 4.78 is 27.7. The minimum Gasteiger partial charge on any atom is -0.491 e. The SMILES string of the molecule is COCCOc1cc(C(=O)N[C@@H](CC2CCCCC2)CN(C)C(=O)OC(C)(C)C)cc(C(OCCNC(=O)OC)c2cccc(Cl)c2)c1. The molecule has 11 nitrogen and oxygen atoms in total. The molecule has 0 heterocycles. The summed E-state index contributed by atoms with van der Waals surface area (Å²) in [5.74, 6) is 0.617. The number of halogens is 1. The van der Waals surface area contributed by atoms with E-state index in [-0.39, 0.29) is 31.7 Å². The zero-order chi connectivity index (χ0) is 35.1. The van der Waals surface area contributed by atoms with Crippen LogP contribution in [0, 0.1) is 5.92 Å².